The Balaban J connectivity index is 2.55. The molecule has 0 aliphatic heterocycles. The van der Waals surface area contributed by atoms with Crippen LogP contribution < -0.4 is 10.0 Å². The van der Waals surface area contributed by atoms with Crippen LogP contribution in [0.3, 0.4) is 0 Å². The molecule has 0 aromatic heterocycles. The molecule has 1 saturated carbocycles. The van der Waals surface area contributed by atoms with Crippen molar-refractivity contribution in [1.29, 1.82) is 0 Å². The van der Waals surface area contributed by atoms with Crippen molar-refractivity contribution in [2.75, 3.05) is 13.2 Å². The predicted molar refractivity (Wildman–Crippen MR) is 82.3 cm³/mol. The molecule has 0 saturated heterocycles. The predicted octanol–water partition coefficient (Wildman–Crippen LogP) is 1.50. The normalized spacial score (nSPS) is 27.4. The average molecular weight is 306 g/mol. The molecule has 0 aromatic carbocycles. The molecule has 0 amide bonds. The zero-order valence-electron chi connectivity index (χ0n) is 13.6. The van der Waals surface area contributed by atoms with E-state index in [2.05, 4.69) is 23.9 Å². The van der Waals surface area contributed by atoms with E-state index in [1.165, 1.54) is 0 Å². The lowest BCUT2D eigenvalue weighted by atomic mass is 9.65. The Labute approximate surface area is 123 Å². The zero-order valence-corrected chi connectivity index (χ0v) is 14.4. The van der Waals surface area contributed by atoms with Gasteiger partial charge in [-0.05, 0) is 20.3 Å². The highest BCUT2D eigenvalue weighted by Gasteiger charge is 2.50. The van der Waals surface area contributed by atoms with Crippen LogP contribution in [-0.2, 0) is 14.8 Å². The summed E-state index contributed by atoms with van der Waals surface area (Å²) in [5, 5.41) is 2.73. The summed E-state index contributed by atoms with van der Waals surface area (Å²) < 4.78 is 33.1. The van der Waals surface area contributed by atoms with Gasteiger partial charge >= 0.3 is 0 Å². The second-order valence-corrected chi connectivity index (χ2v) is 8.72. The van der Waals surface area contributed by atoms with Gasteiger partial charge in [0.05, 0.1) is 11.4 Å². The first kappa shape index (κ1) is 17.9. The summed E-state index contributed by atoms with van der Waals surface area (Å²) in [5.74, 6) is 0. The Morgan fingerprint density at radius 3 is 2.35 bits per heavy atom. The Morgan fingerprint density at radius 1 is 1.30 bits per heavy atom. The molecule has 0 spiro atoms. The topological polar surface area (TPSA) is 67.4 Å². The van der Waals surface area contributed by atoms with Crippen LogP contribution in [0.15, 0.2) is 0 Å². The third kappa shape index (κ3) is 4.16. The fourth-order valence-corrected chi connectivity index (χ4v) is 3.74. The standard InChI is InChI=1S/C14H30N2O3S/c1-7-19-13-8-12(14(13,5)6)16-20(17,18)11(4)9-15-10(2)3/h10-13,15-16H,7-9H2,1-6H3. The third-order valence-corrected chi connectivity index (χ3v) is 6.03. The number of nitrogens with one attached hydrogen (secondary N) is 2. The van der Waals surface area contributed by atoms with Gasteiger partial charge in [-0.3, -0.25) is 0 Å². The molecule has 0 bridgehead atoms. The van der Waals surface area contributed by atoms with Gasteiger partial charge in [0, 0.05) is 30.7 Å². The fourth-order valence-electron chi connectivity index (χ4n) is 2.40. The lowest BCUT2D eigenvalue weighted by Gasteiger charge is -2.51. The van der Waals surface area contributed by atoms with Gasteiger partial charge in [0.2, 0.25) is 10.0 Å². The minimum absolute atomic E-state index is 0.0365. The lowest BCUT2D eigenvalue weighted by Crippen LogP contribution is -2.63. The van der Waals surface area contributed by atoms with Crippen molar-refractivity contribution in [3.05, 3.63) is 0 Å². The summed E-state index contributed by atoms with van der Waals surface area (Å²) in [6, 6.07) is 0.251. The molecule has 3 atom stereocenters. The summed E-state index contributed by atoms with van der Waals surface area (Å²) in [6.07, 6.45) is 0.897. The largest absolute Gasteiger partial charge is 0.378 e. The molecule has 2 N–H and O–H groups in total. The van der Waals surface area contributed by atoms with Gasteiger partial charge in [-0.1, -0.05) is 27.7 Å². The van der Waals surface area contributed by atoms with Gasteiger partial charge in [0.25, 0.3) is 0 Å². The van der Waals surface area contributed by atoms with E-state index in [9.17, 15) is 8.42 Å². The van der Waals surface area contributed by atoms with E-state index in [1.54, 1.807) is 6.92 Å². The second-order valence-electron chi connectivity index (χ2n) is 6.59. The van der Waals surface area contributed by atoms with Crippen molar-refractivity contribution in [1.82, 2.24) is 10.0 Å². The Morgan fingerprint density at radius 2 is 1.90 bits per heavy atom. The van der Waals surface area contributed by atoms with Gasteiger partial charge < -0.3 is 10.1 Å². The summed E-state index contributed by atoms with van der Waals surface area (Å²) in [7, 11) is -3.29. The number of hydrogen-bond donors (Lipinski definition) is 2. The molecule has 0 aromatic rings. The van der Waals surface area contributed by atoms with Crippen LogP contribution in [0.2, 0.25) is 0 Å². The van der Waals surface area contributed by atoms with Crippen LogP contribution in [-0.4, -0.2) is 45.0 Å². The third-order valence-electron chi connectivity index (χ3n) is 4.20. The van der Waals surface area contributed by atoms with Crippen molar-refractivity contribution >= 4 is 10.0 Å². The molecule has 3 unspecified atom stereocenters. The minimum atomic E-state index is -3.29. The summed E-state index contributed by atoms with van der Waals surface area (Å²) in [4.78, 5) is 0. The first-order chi connectivity index (χ1) is 9.11. The van der Waals surface area contributed by atoms with E-state index in [1.807, 2.05) is 20.8 Å². The molecule has 1 aliphatic rings. The van der Waals surface area contributed by atoms with E-state index in [-0.39, 0.29) is 23.6 Å². The number of hydrogen-bond acceptors (Lipinski definition) is 4. The van der Waals surface area contributed by atoms with E-state index in [0.29, 0.717) is 13.2 Å². The second kappa shape index (κ2) is 6.73. The fraction of sp³-hybridized carbons (Fsp3) is 1.00. The van der Waals surface area contributed by atoms with Crippen molar-refractivity contribution in [3.63, 3.8) is 0 Å². The van der Waals surface area contributed by atoms with Crippen molar-refractivity contribution in [3.8, 4) is 0 Å². The first-order valence-electron chi connectivity index (χ1n) is 7.47. The van der Waals surface area contributed by atoms with Crippen LogP contribution in [0, 0.1) is 5.41 Å². The molecule has 1 fully saturated rings. The number of ether oxygens (including phenoxy) is 1. The van der Waals surface area contributed by atoms with E-state index in [4.69, 9.17) is 4.74 Å². The van der Waals surface area contributed by atoms with Crippen molar-refractivity contribution < 1.29 is 13.2 Å². The quantitative estimate of drug-likeness (QED) is 0.713. The minimum Gasteiger partial charge on any atom is -0.378 e. The summed E-state index contributed by atoms with van der Waals surface area (Å²) in [5.41, 5.74) is -0.145. The Kier molecular flexibility index (Phi) is 6.01. The van der Waals surface area contributed by atoms with E-state index < -0.39 is 15.3 Å². The number of rotatable bonds is 8. The first-order valence-corrected chi connectivity index (χ1v) is 9.02. The van der Waals surface area contributed by atoms with Crippen LogP contribution in [0.4, 0.5) is 0 Å². The average Bonchev–Trinajstić information content (AvgIpc) is 2.34. The summed E-state index contributed by atoms with van der Waals surface area (Å²) in [6.45, 7) is 13.0. The van der Waals surface area contributed by atoms with Gasteiger partial charge in [-0.25, -0.2) is 13.1 Å². The maximum atomic E-state index is 12.3. The molecule has 120 valence electrons. The summed E-state index contributed by atoms with van der Waals surface area (Å²) >= 11 is 0. The smallest absolute Gasteiger partial charge is 0.215 e. The van der Waals surface area contributed by atoms with Crippen LogP contribution in [0.25, 0.3) is 0 Å². The van der Waals surface area contributed by atoms with Crippen LogP contribution >= 0.6 is 0 Å². The van der Waals surface area contributed by atoms with E-state index in [0.717, 1.165) is 6.42 Å². The highest BCUT2D eigenvalue weighted by Crippen LogP contribution is 2.43. The molecule has 6 heteroatoms. The monoisotopic (exact) mass is 306 g/mol. The molecule has 0 radical (unpaired) electrons. The lowest BCUT2D eigenvalue weighted by molar-refractivity contribution is -0.108. The van der Waals surface area contributed by atoms with E-state index >= 15 is 0 Å². The highest BCUT2D eigenvalue weighted by atomic mass is 32.2. The van der Waals surface area contributed by atoms with Crippen molar-refractivity contribution in [2.45, 2.75) is 71.4 Å². The molecular weight excluding hydrogens is 276 g/mol. The maximum absolute atomic E-state index is 12.3. The molecule has 1 rings (SSSR count). The van der Waals surface area contributed by atoms with Crippen molar-refractivity contribution in [2.24, 2.45) is 5.41 Å². The molecule has 20 heavy (non-hydrogen) atoms. The number of sulfonamides is 1. The highest BCUT2D eigenvalue weighted by molar-refractivity contribution is 7.90. The molecule has 1 aliphatic carbocycles. The van der Waals surface area contributed by atoms with Gasteiger partial charge in [0.1, 0.15) is 0 Å². The van der Waals surface area contributed by atoms with Gasteiger partial charge in [0.15, 0.2) is 0 Å². The molecule has 5 nitrogen and oxygen atoms in total. The Bertz CT molecular complexity index is 407. The SMILES string of the molecule is CCOC1CC(NS(=O)(=O)C(C)CNC(C)C)C1(C)C. The van der Waals surface area contributed by atoms with Gasteiger partial charge in [-0.2, -0.15) is 0 Å². The van der Waals surface area contributed by atoms with Crippen LogP contribution in [0.5, 0.6) is 0 Å². The molecule has 0 heterocycles. The Hall–Kier alpha value is -0.170. The zero-order chi connectivity index (χ0) is 15.6. The molecular formula is C14H30N2O3S. The van der Waals surface area contributed by atoms with Gasteiger partial charge in [-0.15, -0.1) is 0 Å². The van der Waals surface area contributed by atoms with Crippen LogP contribution in [0.1, 0.15) is 48.0 Å². The maximum Gasteiger partial charge on any atom is 0.215 e.